The van der Waals surface area contributed by atoms with Crippen molar-refractivity contribution in [3.63, 3.8) is 0 Å². The van der Waals surface area contributed by atoms with Crippen molar-refractivity contribution in [2.75, 3.05) is 13.2 Å². The van der Waals surface area contributed by atoms with Crippen LogP contribution >= 0.6 is 15.9 Å². The van der Waals surface area contributed by atoms with E-state index in [1.165, 1.54) is 0 Å². The SMILES string of the molecule is C=C(C)C(=O)OCCOC(=O)C(CC(Br)c1ccccc1)c1ccccc1. The molecule has 0 aliphatic carbocycles. The van der Waals surface area contributed by atoms with Gasteiger partial charge >= 0.3 is 11.9 Å². The molecule has 0 N–H and O–H groups in total. The highest BCUT2D eigenvalue weighted by atomic mass is 79.9. The van der Waals surface area contributed by atoms with Gasteiger partial charge in [0.25, 0.3) is 0 Å². The Hall–Kier alpha value is -2.40. The molecule has 2 aromatic rings. The first kappa shape index (κ1) is 20.9. The van der Waals surface area contributed by atoms with Crippen LogP contribution in [0.2, 0.25) is 0 Å². The first-order valence-corrected chi connectivity index (χ1v) is 9.64. The van der Waals surface area contributed by atoms with Gasteiger partial charge in [0.15, 0.2) is 0 Å². The Balaban J connectivity index is 2.01. The Morgan fingerprint density at radius 2 is 1.44 bits per heavy atom. The second-order valence-electron chi connectivity index (χ2n) is 6.16. The van der Waals surface area contributed by atoms with Gasteiger partial charge in [0, 0.05) is 10.4 Å². The lowest BCUT2D eigenvalue weighted by molar-refractivity contribution is -0.151. The van der Waals surface area contributed by atoms with Crippen molar-refractivity contribution in [2.24, 2.45) is 0 Å². The third-order valence-electron chi connectivity index (χ3n) is 4.00. The molecule has 0 amide bonds. The highest BCUT2D eigenvalue weighted by molar-refractivity contribution is 9.09. The summed E-state index contributed by atoms with van der Waals surface area (Å²) in [5.74, 6) is -1.25. The summed E-state index contributed by atoms with van der Waals surface area (Å²) in [6, 6.07) is 19.5. The Morgan fingerprint density at radius 1 is 0.926 bits per heavy atom. The number of halogens is 1. The van der Waals surface area contributed by atoms with E-state index in [-0.39, 0.29) is 24.0 Å². The zero-order valence-corrected chi connectivity index (χ0v) is 16.9. The average molecular weight is 431 g/mol. The third kappa shape index (κ3) is 6.68. The minimum atomic E-state index is -0.491. The largest absolute Gasteiger partial charge is 0.462 e. The first-order chi connectivity index (χ1) is 13.0. The highest BCUT2D eigenvalue weighted by Crippen LogP contribution is 2.35. The fraction of sp³-hybridized carbons (Fsp3) is 0.273. The lowest BCUT2D eigenvalue weighted by Crippen LogP contribution is -2.20. The van der Waals surface area contributed by atoms with E-state index in [0.717, 1.165) is 11.1 Å². The maximum atomic E-state index is 12.7. The van der Waals surface area contributed by atoms with Crippen molar-refractivity contribution in [3.05, 3.63) is 83.9 Å². The highest BCUT2D eigenvalue weighted by Gasteiger charge is 2.26. The molecule has 2 unspecified atom stereocenters. The van der Waals surface area contributed by atoms with E-state index in [4.69, 9.17) is 9.47 Å². The number of carbonyl (C=O) groups excluding carboxylic acids is 2. The van der Waals surface area contributed by atoms with Crippen LogP contribution in [0.3, 0.4) is 0 Å². The van der Waals surface area contributed by atoms with Crippen molar-refractivity contribution < 1.29 is 19.1 Å². The summed E-state index contributed by atoms with van der Waals surface area (Å²) in [5.41, 5.74) is 2.30. The molecule has 0 aliphatic heterocycles. The molecule has 142 valence electrons. The van der Waals surface area contributed by atoms with Gasteiger partial charge < -0.3 is 9.47 Å². The summed E-state index contributed by atoms with van der Waals surface area (Å²) < 4.78 is 10.3. The molecule has 5 heteroatoms. The van der Waals surface area contributed by atoms with Crippen LogP contribution in [-0.2, 0) is 19.1 Å². The topological polar surface area (TPSA) is 52.6 Å². The molecule has 0 aliphatic rings. The molecular weight excluding hydrogens is 408 g/mol. The Morgan fingerprint density at radius 3 is 2.00 bits per heavy atom. The van der Waals surface area contributed by atoms with Gasteiger partial charge in [-0.2, -0.15) is 0 Å². The molecular formula is C22H23BrO4. The number of benzene rings is 2. The van der Waals surface area contributed by atoms with E-state index in [1.54, 1.807) is 6.92 Å². The number of hydrogen-bond donors (Lipinski definition) is 0. The monoisotopic (exact) mass is 430 g/mol. The van der Waals surface area contributed by atoms with Crippen LogP contribution in [0.4, 0.5) is 0 Å². The maximum absolute atomic E-state index is 12.7. The van der Waals surface area contributed by atoms with Gasteiger partial charge in [-0.25, -0.2) is 4.79 Å². The molecule has 2 aromatic carbocycles. The molecule has 0 bridgehead atoms. The van der Waals surface area contributed by atoms with Crippen LogP contribution < -0.4 is 0 Å². The standard InChI is InChI=1S/C22H23BrO4/c1-16(2)21(24)26-13-14-27-22(25)19(17-9-5-3-6-10-17)15-20(23)18-11-7-4-8-12-18/h3-12,19-20H,1,13-15H2,2H3. The van der Waals surface area contributed by atoms with Gasteiger partial charge in [-0.05, 0) is 24.5 Å². The summed E-state index contributed by atoms with van der Waals surface area (Å²) in [6.07, 6.45) is 0.554. The van der Waals surface area contributed by atoms with Crippen molar-refractivity contribution in [1.82, 2.24) is 0 Å². The van der Waals surface area contributed by atoms with Crippen molar-refractivity contribution in [1.29, 1.82) is 0 Å². The van der Waals surface area contributed by atoms with E-state index in [0.29, 0.717) is 12.0 Å². The third-order valence-corrected chi connectivity index (χ3v) is 4.90. The van der Waals surface area contributed by atoms with Gasteiger partial charge in [-0.15, -0.1) is 0 Å². The van der Waals surface area contributed by atoms with Crippen LogP contribution in [0.15, 0.2) is 72.8 Å². The molecule has 2 atom stereocenters. The van der Waals surface area contributed by atoms with E-state index in [1.807, 2.05) is 60.7 Å². The summed E-state index contributed by atoms with van der Waals surface area (Å²) in [4.78, 5) is 24.1. The van der Waals surface area contributed by atoms with Gasteiger partial charge in [-0.3, -0.25) is 4.79 Å². The number of rotatable bonds is 9. The van der Waals surface area contributed by atoms with Crippen LogP contribution in [0.25, 0.3) is 0 Å². The number of esters is 2. The quantitative estimate of drug-likeness (QED) is 0.244. The maximum Gasteiger partial charge on any atom is 0.333 e. The Bertz CT molecular complexity index is 758. The van der Waals surface area contributed by atoms with E-state index in [9.17, 15) is 9.59 Å². The predicted octanol–water partition coefficient (Wildman–Crippen LogP) is 4.96. The van der Waals surface area contributed by atoms with Gasteiger partial charge in [-0.1, -0.05) is 83.2 Å². The fourth-order valence-electron chi connectivity index (χ4n) is 2.56. The van der Waals surface area contributed by atoms with Gasteiger partial charge in [0.1, 0.15) is 13.2 Å². The van der Waals surface area contributed by atoms with Crippen LogP contribution in [-0.4, -0.2) is 25.2 Å². The molecule has 0 fully saturated rings. The number of alkyl halides is 1. The molecule has 0 aromatic heterocycles. The van der Waals surface area contributed by atoms with E-state index in [2.05, 4.69) is 22.5 Å². The fourth-order valence-corrected chi connectivity index (χ4v) is 3.24. The summed E-state index contributed by atoms with van der Waals surface area (Å²) in [6.45, 7) is 5.10. The molecule has 0 saturated heterocycles. The molecule has 27 heavy (non-hydrogen) atoms. The molecule has 4 nitrogen and oxygen atoms in total. The number of carbonyl (C=O) groups is 2. The zero-order valence-electron chi connectivity index (χ0n) is 15.3. The van der Waals surface area contributed by atoms with Gasteiger partial charge in [0.05, 0.1) is 5.92 Å². The zero-order chi connectivity index (χ0) is 19.6. The molecule has 0 spiro atoms. The van der Waals surface area contributed by atoms with Gasteiger partial charge in [0.2, 0.25) is 0 Å². The molecule has 0 heterocycles. The van der Waals surface area contributed by atoms with Crippen molar-refractivity contribution >= 4 is 27.9 Å². The van der Waals surface area contributed by atoms with Crippen molar-refractivity contribution in [2.45, 2.75) is 24.1 Å². The van der Waals surface area contributed by atoms with E-state index >= 15 is 0 Å². The number of hydrogen-bond acceptors (Lipinski definition) is 4. The summed E-state index contributed by atoms with van der Waals surface area (Å²) in [5, 5.41) is 0. The first-order valence-electron chi connectivity index (χ1n) is 8.72. The minimum Gasteiger partial charge on any atom is -0.462 e. The van der Waals surface area contributed by atoms with Crippen molar-refractivity contribution in [3.8, 4) is 0 Å². The lowest BCUT2D eigenvalue weighted by atomic mass is 9.92. The minimum absolute atomic E-state index is 0.00929. The average Bonchev–Trinajstić information content (AvgIpc) is 2.70. The molecule has 0 saturated carbocycles. The second-order valence-corrected chi connectivity index (χ2v) is 7.27. The Labute approximate surface area is 168 Å². The van der Waals surface area contributed by atoms with Crippen LogP contribution in [0.1, 0.15) is 35.2 Å². The molecule has 0 radical (unpaired) electrons. The predicted molar refractivity (Wildman–Crippen MR) is 109 cm³/mol. The Kier molecular flexibility index (Phi) is 8.27. The molecule has 2 rings (SSSR count). The van der Waals surface area contributed by atoms with Crippen LogP contribution in [0, 0.1) is 0 Å². The second kappa shape index (κ2) is 10.7. The number of ether oxygens (including phenoxy) is 2. The normalized spacial score (nSPS) is 12.7. The van der Waals surface area contributed by atoms with E-state index < -0.39 is 11.9 Å². The summed E-state index contributed by atoms with van der Waals surface area (Å²) in [7, 11) is 0. The summed E-state index contributed by atoms with van der Waals surface area (Å²) >= 11 is 3.68. The van der Waals surface area contributed by atoms with Crippen LogP contribution in [0.5, 0.6) is 0 Å². The lowest BCUT2D eigenvalue weighted by Gasteiger charge is -2.20. The smallest absolute Gasteiger partial charge is 0.333 e.